The second kappa shape index (κ2) is 10.5. The number of nitrogens with zero attached hydrogens (tertiary/aromatic N) is 1. The molecule has 0 unspecified atom stereocenters. The standard InChI is InChI=1S/C21H33N3O.HI/c1-3-22-20(24-16-21(10-5-11-21)12-13-25-2)23-15-17-8-9-18-6-4-7-19(18)14-17;/h8-9,14H,3-7,10-13,15-16H2,1-2H3,(H2,22,23,24);1H. The van der Waals surface area contributed by atoms with Crippen LogP contribution in [0, 0.1) is 5.41 Å². The van der Waals surface area contributed by atoms with Gasteiger partial charge in [0.15, 0.2) is 5.96 Å². The zero-order valence-electron chi connectivity index (χ0n) is 16.3. The van der Waals surface area contributed by atoms with Crippen molar-refractivity contribution in [1.29, 1.82) is 0 Å². The summed E-state index contributed by atoms with van der Waals surface area (Å²) in [4.78, 5) is 4.81. The predicted octanol–water partition coefficient (Wildman–Crippen LogP) is 4.06. The van der Waals surface area contributed by atoms with Gasteiger partial charge in [-0.2, -0.15) is 0 Å². The number of aliphatic imine (C=N–C) groups is 1. The van der Waals surface area contributed by atoms with Crippen LogP contribution in [0.5, 0.6) is 0 Å². The van der Waals surface area contributed by atoms with Crippen LogP contribution in [0.4, 0.5) is 0 Å². The van der Waals surface area contributed by atoms with Gasteiger partial charge in [-0.15, -0.1) is 24.0 Å². The van der Waals surface area contributed by atoms with Crippen molar-refractivity contribution in [3.8, 4) is 0 Å². The summed E-state index contributed by atoms with van der Waals surface area (Å²) in [5.74, 6) is 0.937. The first-order valence-electron chi connectivity index (χ1n) is 9.86. The molecule has 1 aromatic carbocycles. The van der Waals surface area contributed by atoms with E-state index in [1.54, 1.807) is 7.11 Å². The molecule has 0 amide bonds. The van der Waals surface area contributed by atoms with E-state index in [0.717, 1.165) is 38.6 Å². The lowest BCUT2D eigenvalue weighted by atomic mass is 9.67. The van der Waals surface area contributed by atoms with Crippen LogP contribution in [0.1, 0.15) is 55.7 Å². The van der Waals surface area contributed by atoms with Gasteiger partial charge in [-0.1, -0.05) is 24.6 Å². The summed E-state index contributed by atoms with van der Waals surface area (Å²) in [6.07, 6.45) is 8.85. The molecule has 5 heteroatoms. The highest BCUT2D eigenvalue weighted by atomic mass is 127. The lowest BCUT2D eigenvalue weighted by Gasteiger charge is -2.42. The summed E-state index contributed by atoms with van der Waals surface area (Å²) < 4.78 is 5.30. The largest absolute Gasteiger partial charge is 0.385 e. The molecule has 0 heterocycles. The minimum absolute atomic E-state index is 0. The molecule has 0 aromatic heterocycles. The van der Waals surface area contributed by atoms with Gasteiger partial charge in [0.1, 0.15) is 0 Å². The number of ether oxygens (including phenoxy) is 1. The SMILES string of the molecule is CCNC(=NCc1ccc2c(c1)CCC2)NCC1(CCOC)CCC1.I. The number of halogens is 1. The van der Waals surface area contributed by atoms with Crippen LogP contribution in [0.3, 0.4) is 0 Å². The Morgan fingerprint density at radius 2 is 1.96 bits per heavy atom. The van der Waals surface area contributed by atoms with Gasteiger partial charge in [0.2, 0.25) is 0 Å². The van der Waals surface area contributed by atoms with Crippen molar-refractivity contribution in [3.05, 3.63) is 34.9 Å². The van der Waals surface area contributed by atoms with Crippen molar-refractivity contribution in [2.75, 3.05) is 26.8 Å². The molecule has 1 fully saturated rings. The van der Waals surface area contributed by atoms with Gasteiger partial charge in [-0.3, -0.25) is 0 Å². The molecule has 2 aliphatic rings. The van der Waals surface area contributed by atoms with Crippen LogP contribution in [0.2, 0.25) is 0 Å². The summed E-state index contributed by atoms with van der Waals surface area (Å²) in [5.41, 5.74) is 4.77. The molecule has 2 aliphatic carbocycles. The van der Waals surface area contributed by atoms with Gasteiger partial charge in [-0.25, -0.2) is 4.99 Å². The molecule has 0 saturated heterocycles. The van der Waals surface area contributed by atoms with Crippen LogP contribution >= 0.6 is 24.0 Å². The summed E-state index contributed by atoms with van der Waals surface area (Å²) in [7, 11) is 1.79. The van der Waals surface area contributed by atoms with Crippen molar-refractivity contribution in [2.45, 2.75) is 58.4 Å². The maximum Gasteiger partial charge on any atom is 0.191 e. The van der Waals surface area contributed by atoms with Crippen LogP contribution in [-0.4, -0.2) is 32.8 Å². The first kappa shape index (κ1) is 21.5. The van der Waals surface area contributed by atoms with Crippen molar-refractivity contribution in [2.24, 2.45) is 10.4 Å². The third kappa shape index (κ3) is 5.59. The van der Waals surface area contributed by atoms with Crippen molar-refractivity contribution >= 4 is 29.9 Å². The Morgan fingerprint density at radius 3 is 2.65 bits per heavy atom. The Balaban J connectivity index is 0.00000243. The molecule has 1 aromatic rings. The van der Waals surface area contributed by atoms with Gasteiger partial charge in [0.25, 0.3) is 0 Å². The molecule has 26 heavy (non-hydrogen) atoms. The normalized spacial score (nSPS) is 17.8. The predicted molar refractivity (Wildman–Crippen MR) is 119 cm³/mol. The summed E-state index contributed by atoms with van der Waals surface area (Å²) >= 11 is 0. The molecule has 3 rings (SSSR count). The van der Waals surface area contributed by atoms with Crippen LogP contribution in [0.25, 0.3) is 0 Å². The van der Waals surface area contributed by atoms with E-state index in [1.165, 1.54) is 55.2 Å². The van der Waals surface area contributed by atoms with Crippen LogP contribution in [0.15, 0.2) is 23.2 Å². The van der Waals surface area contributed by atoms with E-state index in [2.05, 4.69) is 35.8 Å². The molecular formula is C21H34IN3O. The van der Waals surface area contributed by atoms with Crippen molar-refractivity contribution in [3.63, 3.8) is 0 Å². The Kier molecular flexibility index (Phi) is 8.67. The third-order valence-corrected chi connectivity index (χ3v) is 5.81. The average Bonchev–Trinajstić information content (AvgIpc) is 3.06. The fourth-order valence-electron chi connectivity index (χ4n) is 4.02. The van der Waals surface area contributed by atoms with E-state index in [4.69, 9.17) is 9.73 Å². The van der Waals surface area contributed by atoms with Gasteiger partial charge < -0.3 is 15.4 Å². The minimum atomic E-state index is 0. The Bertz CT molecular complexity index is 599. The number of nitrogens with one attached hydrogen (secondary N) is 2. The molecule has 2 N–H and O–H groups in total. The van der Waals surface area contributed by atoms with E-state index < -0.39 is 0 Å². The molecule has 1 saturated carbocycles. The van der Waals surface area contributed by atoms with E-state index in [0.29, 0.717) is 5.41 Å². The van der Waals surface area contributed by atoms with Crippen LogP contribution in [-0.2, 0) is 24.1 Å². The lowest BCUT2D eigenvalue weighted by molar-refractivity contribution is 0.0732. The Morgan fingerprint density at radius 1 is 1.15 bits per heavy atom. The number of guanidine groups is 1. The molecular weight excluding hydrogens is 437 g/mol. The Labute approximate surface area is 175 Å². The quantitative estimate of drug-likeness (QED) is 0.342. The topological polar surface area (TPSA) is 45.7 Å². The molecule has 0 aliphatic heterocycles. The number of fused-ring (bicyclic) bond motifs is 1. The highest BCUT2D eigenvalue weighted by Gasteiger charge is 2.36. The van der Waals surface area contributed by atoms with Crippen molar-refractivity contribution < 1.29 is 4.74 Å². The van der Waals surface area contributed by atoms with E-state index in [-0.39, 0.29) is 24.0 Å². The minimum Gasteiger partial charge on any atom is -0.385 e. The number of hydrogen-bond acceptors (Lipinski definition) is 2. The fourth-order valence-corrected chi connectivity index (χ4v) is 4.02. The van der Waals surface area contributed by atoms with Crippen LogP contribution < -0.4 is 10.6 Å². The molecule has 0 spiro atoms. The number of aryl methyl sites for hydroxylation is 2. The fraction of sp³-hybridized carbons (Fsp3) is 0.667. The zero-order chi connectivity index (χ0) is 17.5. The highest BCUT2D eigenvalue weighted by Crippen LogP contribution is 2.43. The second-order valence-electron chi connectivity index (χ2n) is 7.60. The zero-order valence-corrected chi connectivity index (χ0v) is 18.6. The smallest absolute Gasteiger partial charge is 0.191 e. The summed E-state index contributed by atoms with van der Waals surface area (Å²) in [6, 6.07) is 6.88. The maximum atomic E-state index is 5.30. The Hall–Kier alpha value is -0.820. The first-order chi connectivity index (χ1) is 12.2. The summed E-state index contributed by atoms with van der Waals surface area (Å²) in [5, 5.41) is 6.97. The molecule has 0 bridgehead atoms. The van der Waals surface area contributed by atoms with Crippen molar-refractivity contribution in [1.82, 2.24) is 10.6 Å². The maximum absolute atomic E-state index is 5.30. The molecule has 146 valence electrons. The third-order valence-electron chi connectivity index (χ3n) is 5.81. The number of benzene rings is 1. The van der Waals surface area contributed by atoms with E-state index in [9.17, 15) is 0 Å². The van der Waals surface area contributed by atoms with Gasteiger partial charge >= 0.3 is 0 Å². The highest BCUT2D eigenvalue weighted by molar-refractivity contribution is 14.0. The number of hydrogen-bond donors (Lipinski definition) is 2. The molecule has 0 radical (unpaired) electrons. The monoisotopic (exact) mass is 471 g/mol. The second-order valence-corrected chi connectivity index (χ2v) is 7.60. The molecule has 4 nitrogen and oxygen atoms in total. The van der Waals surface area contributed by atoms with Gasteiger partial charge in [0, 0.05) is 26.8 Å². The average molecular weight is 471 g/mol. The van der Waals surface area contributed by atoms with E-state index in [1.807, 2.05) is 0 Å². The lowest BCUT2D eigenvalue weighted by Crippen LogP contribution is -2.46. The van der Waals surface area contributed by atoms with E-state index >= 15 is 0 Å². The number of methoxy groups -OCH3 is 1. The molecule has 0 atom stereocenters. The van der Waals surface area contributed by atoms with Gasteiger partial charge in [0.05, 0.1) is 6.54 Å². The summed E-state index contributed by atoms with van der Waals surface area (Å²) in [6.45, 7) is 5.60. The van der Waals surface area contributed by atoms with Gasteiger partial charge in [-0.05, 0) is 67.6 Å². The first-order valence-corrected chi connectivity index (χ1v) is 9.86. The number of rotatable bonds is 8.